The second-order valence-corrected chi connectivity index (χ2v) is 3.84. The van der Waals surface area contributed by atoms with Crippen molar-refractivity contribution in [2.75, 3.05) is 6.54 Å². The van der Waals surface area contributed by atoms with Crippen molar-refractivity contribution in [3.05, 3.63) is 18.2 Å². The van der Waals surface area contributed by atoms with Crippen LogP contribution in [0.1, 0.15) is 31.4 Å². The summed E-state index contributed by atoms with van der Waals surface area (Å²) < 4.78 is 0. The van der Waals surface area contributed by atoms with Crippen molar-refractivity contribution in [1.29, 1.82) is 0 Å². The molecule has 0 aliphatic heterocycles. The van der Waals surface area contributed by atoms with Crippen LogP contribution in [-0.4, -0.2) is 16.5 Å². The van der Waals surface area contributed by atoms with Gasteiger partial charge in [0.2, 0.25) is 0 Å². The maximum absolute atomic E-state index is 3.96. The first-order valence-electron chi connectivity index (χ1n) is 5.13. The number of H-pyrrole nitrogens is 1. The van der Waals surface area contributed by atoms with Gasteiger partial charge in [-0.25, -0.2) is 4.98 Å². The molecule has 1 heterocycles. The van der Waals surface area contributed by atoms with Gasteiger partial charge in [0.15, 0.2) is 0 Å². The molecule has 2 N–H and O–H groups in total. The van der Waals surface area contributed by atoms with Gasteiger partial charge in [0, 0.05) is 18.4 Å². The predicted molar refractivity (Wildman–Crippen MR) is 52.3 cm³/mol. The molecule has 0 saturated heterocycles. The van der Waals surface area contributed by atoms with Crippen LogP contribution in [0.15, 0.2) is 12.5 Å². The first-order chi connectivity index (χ1) is 6.45. The van der Waals surface area contributed by atoms with Crippen molar-refractivity contribution in [2.24, 2.45) is 5.92 Å². The van der Waals surface area contributed by atoms with E-state index < -0.39 is 0 Å². The summed E-state index contributed by atoms with van der Waals surface area (Å²) in [6.45, 7) is 2.06. The van der Waals surface area contributed by atoms with E-state index in [0.717, 1.165) is 19.0 Å². The zero-order valence-corrected chi connectivity index (χ0v) is 7.92. The van der Waals surface area contributed by atoms with Gasteiger partial charge < -0.3 is 10.3 Å². The fourth-order valence-electron chi connectivity index (χ4n) is 1.53. The summed E-state index contributed by atoms with van der Waals surface area (Å²) in [5.74, 6) is 1.06. The Hall–Kier alpha value is -0.830. The fraction of sp³-hybridized carbons (Fsp3) is 0.700. The third-order valence-electron chi connectivity index (χ3n) is 2.53. The van der Waals surface area contributed by atoms with Crippen molar-refractivity contribution in [1.82, 2.24) is 15.3 Å². The molecule has 0 atom stereocenters. The second kappa shape index (κ2) is 4.42. The highest BCUT2D eigenvalue weighted by Crippen LogP contribution is 2.33. The van der Waals surface area contributed by atoms with Crippen LogP contribution in [0.3, 0.4) is 0 Å². The van der Waals surface area contributed by atoms with Gasteiger partial charge >= 0.3 is 0 Å². The Kier molecular flexibility index (Phi) is 2.98. The van der Waals surface area contributed by atoms with Crippen LogP contribution in [0.25, 0.3) is 0 Å². The highest BCUT2D eigenvalue weighted by molar-refractivity contribution is 4.92. The van der Waals surface area contributed by atoms with Crippen molar-refractivity contribution in [2.45, 2.75) is 32.2 Å². The molecule has 1 aromatic heterocycles. The summed E-state index contributed by atoms with van der Waals surface area (Å²) in [5.41, 5.74) is 1.17. The van der Waals surface area contributed by atoms with Gasteiger partial charge in [-0.1, -0.05) is 12.8 Å². The lowest BCUT2D eigenvalue weighted by Gasteiger charge is -2.01. The van der Waals surface area contributed by atoms with E-state index in [-0.39, 0.29) is 0 Å². The van der Waals surface area contributed by atoms with Crippen LogP contribution in [0.5, 0.6) is 0 Å². The number of nitrogens with zero attached hydrogens (tertiary/aromatic N) is 1. The lowest BCUT2D eigenvalue weighted by molar-refractivity contribution is 0.590. The summed E-state index contributed by atoms with van der Waals surface area (Å²) >= 11 is 0. The molecular weight excluding hydrogens is 162 g/mol. The summed E-state index contributed by atoms with van der Waals surface area (Å²) in [7, 11) is 0. The first-order valence-corrected chi connectivity index (χ1v) is 5.13. The smallest absolute Gasteiger partial charge is 0.0922 e. The predicted octanol–water partition coefficient (Wildman–Crippen LogP) is 1.69. The average molecular weight is 179 g/mol. The maximum Gasteiger partial charge on any atom is 0.0922 e. The number of aromatic nitrogens is 2. The number of rotatable bonds is 6. The summed E-state index contributed by atoms with van der Waals surface area (Å²) in [6.07, 6.45) is 9.27. The van der Waals surface area contributed by atoms with Gasteiger partial charge in [-0.15, -0.1) is 0 Å². The first kappa shape index (κ1) is 8.75. The van der Waals surface area contributed by atoms with Crippen LogP contribution in [0.2, 0.25) is 0 Å². The Labute approximate surface area is 79.0 Å². The maximum atomic E-state index is 3.96. The Morgan fingerprint density at radius 2 is 2.46 bits per heavy atom. The Morgan fingerprint density at radius 3 is 3.15 bits per heavy atom. The van der Waals surface area contributed by atoms with E-state index in [2.05, 4.69) is 15.3 Å². The molecule has 72 valence electrons. The quantitative estimate of drug-likeness (QED) is 0.652. The lowest BCUT2D eigenvalue weighted by atomic mass is 10.2. The van der Waals surface area contributed by atoms with E-state index in [1.807, 2.05) is 6.20 Å². The Balaban J connectivity index is 1.48. The monoisotopic (exact) mass is 179 g/mol. The summed E-state index contributed by atoms with van der Waals surface area (Å²) in [5, 5.41) is 3.40. The second-order valence-electron chi connectivity index (χ2n) is 3.84. The van der Waals surface area contributed by atoms with E-state index >= 15 is 0 Å². The van der Waals surface area contributed by atoms with Crippen molar-refractivity contribution in [3.63, 3.8) is 0 Å². The molecule has 3 heteroatoms. The highest BCUT2D eigenvalue weighted by atomic mass is 14.9. The van der Waals surface area contributed by atoms with Gasteiger partial charge in [-0.05, 0) is 25.3 Å². The van der Waals surface area contributed by atoms with Crippen LogP contribution < -0.4 is 5.32 Å². The molecule has 1 saturated carbocycles. The Bertz CT molecular complexity index is 226. The Morgan fingerprint density at radius 1 is 1.54 bits per heavy atom. The number of nitrogens with one attached hydrogen (secondary N) is 2. The molecule has 0 radical (unpaired) electrons. The third kappa shape index (κ3) is 3.19. The van der Waals surface area contributed by atoms with Crippen LogP contribution in [0.4, 0.5) is 0 Å². The molecule has 3 nitrogen and oxygen atoms in total. The molecule has 0 bridgehead atoms. The average Bonchev–Trinajstić information content (AvgIpc) is 2.81. The van der Waals surface area contributed by atoms with E-state index in [0.29, 0.717) is 0 Å². The molecule has 1 aromatic rings. The van der Waals surface area contributed by atoms with Crippen LogP contribution in [-0.2, 0) is 6.54 Å². The topological polar surface area (TPSA) is 40.7 Å². The molecule has 13 heavy (non-hydrogen) atoms. The summed E-state index contributed by atoms with van der Waals surface area (Å²) in [4.78, 5) is 7.04. The fourth-order valence-corrected chi connectivity index (χ4v) is 1.53. The van der Waals surface area contributed by atoms with Gasteiger partial charge in [0.1, 0.15) is 0 Å². The normalized spacial score (nSPS) is 16.3. The number of hydrogen-bond acceptors (Lipinski definition) is 2. The molecule has 0 amide bonds. The molecular formula is C10H17N3. The largest absolute Gasteiger partial charge is 0.347 e. The lowest BCUT2D eigenvalue weighted by Crippen LogP contribution is -2.14. The van der Waals surface area contributed by atoms with Crippen molar-refractivity contribution in [3.8, 4) is 0 Å². The van der Waals surface area contributed by atoms with E-state index in [9.17, 15) is 0 Å². The molecule has 0 spiro atoms. The van der Waals surface area contributed by atoms with Gasteiger partial charge in [0.05, 0.1) is 6.33 Å². The van der Waals surface area contributed by atoms with Gasteiger partial charge in [0.25, 0.3) is 0 Å². The molecule has 1 aliphatic carbocycles. The van der Waals surface area contributed by atoms with E-state index in [1.165, 1.54) is 31.4 Å². The van der Waals surface area contributed by atoms with Crippen molar-refractivity contribution < 1.29 is 0 Å². The van der Waals surface area contributed by atoms with Crippen LogP contribution >= 0.6 is 0 Å². The zero-order valence-electron chi connectivity index (χ0n) is 7.92. The minimum atomic E-state index is 0.921. The molecule has 2 rings (SSSR count). The highest BCUT2D eigenvalue weighted by Gasteiger charge is 2.19. The summed E-state index contributed by atoms with van der Waals surface area (Å²) in [6, 6.07) is 0. The minimum Gasteiger partial charge on any atom is -0.347 e. The standard InChI is InChI=1S/C10H17N3/c1(2-9-3-4-9)5-11-6-10-7-12-8-13-10/h7-9,11H,1-6H2,(H,12,13). The molecule has 0 unspecified atom stereocenters. The molecule has 1 aliphatic rings. The van der Waals surface area contributed by atoms with E-state index in [4.69, 9.17) is 0 Å². The van der Waals surface area contributed by atoms with Gasteiger partial charge in [-0.2, -0.15) is 0 Å². The van der Waals surface area contributed by atoms with E-state index in [1.54, 1.807) is 6.33 Å². The minimum absolute atomic E-state index is 0.921. The number of hydrogen-bond donors (Lipinski definition) is 2. The number of imidazole rings is 1. The molecule has 0 aromatic carbocycles. The third-order valence-corrected chi connectivity index (χ3v) is 2.53. The SMILES string of the molecule is c1ncc(CNCCCC2CC2)[nH]1. The number of aromatic amines is 1. The van der Waals surface area contributed by atoms with Crippen molar-refractivity contribution >= 4 is 0 Å². The zero-order chi connectivity index (χ0) is 8.93. The van der Waals surface area contributed by atoms with Gasteiger partial charge in [-0.3, -0.25) is 0 Å². The molecule has 1 fully saturated rings. The van der Waals surface area contributed by atoms with Crippen LogP contribution in [0, 0.1) is 5.92 Å².